The molecule has 1 atom stereocenters. The van der Waals surface area contributed by atoms with E-state index >= 15 is 0 Å². The van der Waals surface area contributed by atoms with Crippen LogP contribution in [0.4, 0.5) is 10.5 Å². The van der Waals surface area contributed by atoms with Gasteiger partial charge in [0.2, 0.25) is 0 Å². The van der Waals surface area contributed by atoms with Crippen molar-refractivity contribution in [3.8, 4) is 11.5 Å². The van der Waals surface area contributed by atoms with Crippen molar-refractivity contribution in [2.75, 3.05) is 32.2 Å². The Labute approximate surface area is 172 Å². The molecule has 0 spiro atoms. The topological polar surface area (TPSA) is 77.1 Å². The Morgan fingerprint density at radius 1 is 1.14 bits per heavy atom. The number of carbonyl (C=O) groups excluding carboxylic acids is 2. The van der Waals surface area contributed by atoms with Crippen LogP contribution in [0.5, 0.6) is 11.5 Å². The third-order valence-corrected chi connectivity index (χ3v) is 4.93. The average Bonchev–Trinajstić information content (AvgIpc) is 3.08. The van der Waals surface area contributed by atoms with Crippen molar-refractivity contribution in [2.24, 2.45) is 0 Å². The zero-order valence-electron chi connectivity index (χ0n) is 15.2. The lowest BCUT2D eigenvalue weighted by atomic mass is 10.2. The zero-order chi connectivity index (χ0) is 20.3. The lowest BCUT2D eigenvalue weighted by molar-refractivity contribution is 0.0915. The lowest BCUT2D eigenvalue weighted by Gasteiger charge is -2.14. The van der Waals surface area contributed by atoms with Gasteiger partial charge in [-0.15, -0.1) is 0 Å². The molecule has 2 aromatic rings. The lowest BCUT2D eigenvalue weighted by Crippen LogP contribution is -2.34. The number of halogens is 2. The van der Waals surface area contributed by atoms with Gasteiger partial charge in [-0.25, -0.2) is 4.79 Å². The first-order valence-electron chi connectivity index (χ1n) is 8.35. The van der Waals surface area contributed by atoms with Crippen LogP contribution in [0.1, 0.15) is 10.4 Å². The summed E-state index contributed by atoms with van der Waals surface area (Å²) in [5, 5.41) is 3.50. The Morgan fingerprint density at radius 2 is 1.82 bits per heavy atom. The van der Waals surface area contributed by atoms with E-state index in [1.54, 1.807) is 36.4 Å². The number of methoxy groups -OCH3 is 2. The van der Waals surface area contributed by atoms with E-state index in [1.165, 1.54) is 19.1 Å². The van der Waals surface area contributed by atoms with Crippen molar-refractivity contribution in [2.45, 2.75) is 6.10 Å². The largest absolute Gasteiger partial charge is 0.497 e. The van der Waals surface area contributed by atoms with E-state index in [0.29, 0.717) is 32.8 Å². The first-order valence-corrected chi connectivity index (χ1v) is 9.11. The minimum absolute atomic E-state index is 0.155. The molecule has 0 aliphatic carbocycles. The SMILES string of the molecule is COc1cc(OC)cc(C(=O)NC[C@H]2CN(c3ccc(Cl)c(Cl)c3)C(=O)O2)c1. The molecule has 28 heavy (non-hydrogen) atoms. The maximum absolute atomic E-state index is 12.4. The van der Waals surface area contributed by atoms with Gasteiger partial charge in [-0.2, -0.15) is 0 Å². The summed E-state index contributed by atoms with van der Waals surface area (Å²) in [5.74, 6) is 0.673. The zero-order valence-corrected chi connectivity index (χ0v) is 16.7. The van der Waals surface area contributed by atoms with Gasteiger partial charge in [0.25, 0.3) is 5.91 Å². The first-order chi connectivity index (χ1) is 13.4. The number of amides is 2. The minimum atomic E-state index is -0.513. The normalized spacial score (nSPS) is 15.9. The van der Waals surface area contributed by atoms with Crippen LogP contribution >= 0.6 is 23.2 Å². The molecule has 1 fully saturated rings. The van der Waals surface area contributed by atoms with Crippen LogP contribution in [0.2, 0.25) is 10.0 Å². The monoisotopic (exact) mass is 424 g/mol. The van der Waals surface area contributed by atoms with Gasteiger partial charge in [0.15, 0.2) is 0 Å². The molecule has 0 aromatic heterocycles. The molecule has 0 bridgehead atoms. The summed E-state index contributed by atoms with van der Waals surface area (Å²) in [6.45, 7) is 0.431. The second-order valence-electron chi connectivity index (χ2n) is 6.03. The smallest absolute Gasteiger partial charge is 0.414 e. The Morgan fingerprint density at radius 3 is 2.43 bits per heavy atom. The maximum atomic E-state index is 12.4. The molecule has 0 radical (unpaired) electrons. The van der Waals surface area contributed by atoms with Gasteiger partial charge in [-0.05, 0) is 30.3 Å². The summed E-state index contributed by atoms with van der Waals surface area (Å²) in [6, 6.07) is 9.75. The first kappa shape index (κ1) is 20.1. The number of hydrogen-bond acceptors (Lipinski definition) is 5. The standard InChI is InChI=1S/C19H18Cl2N2O5/c1-26-13-5-11(6-14(8-13)27-2)18(24)22-9-15-10-23(19(25)28-15)12-3-4-16(20)17(21)7-12/h3-8,15H,9-10H2,1-2H3,(H,22,24)/t15-/m0/s1. The molecule has 0 unspecified atom stereocenters. The van der Waals surface area contributed by atoms with Crippen molar-refractivity contribution in [1.29, 1.82) is 0 Å². The molecule has 1 saturated heterocycles. The summed E-state index contributed by atoms with van der Waals surface area (Å²) in [5.41, 5.74) is 0.952. The van der Waals surface area contributed by atoms with Crippen LogP contribution in [-0.4, -0.2) is 45.4 Å². The predicted molar refractivity (Wildman–Crippen MR) is 106 cm³/mol. The van der Waals surface area contributed by atoms with E-state index in [1.807, 2.05) is 0 Å². The highest BCUT2D eigenvalue weighted by Crippen LogP contribution is 2.29. The van der Waals surface area contributed by atoms with Gasteiger partial charge in [0.1, 0.15) is 17.6 Å². The van der Waals surface area contributed by atoms with Gasteiger partial charge in [-0.3, -0.25) is 9.69 Å². The highest BCUT2D eigenvalue weighted by Gasteiger charge is 2.32. The number of cyclic esters (lactones) is 1. The Balaban J connectivity index is 1.63. The molecule has 2 aromatic carbocycles. The van der Waals surface area contributed by atoms with Gasteiger partial charge in [0, 0.05) is 17.3 Å². The number of rotatable bonds is 6. The van der Waals surface area contributed by atoms with E-state index in [-0.39, 0.29) is 19.0 Å². The second-order valence-corrected chi connectivity index (χ2v) is 6.84. The molecule has 148 valence electrons. The number of benzene rings is 2. The molecule has 3 rings (SSSR count). The van der Waals surface area contributed by atoms with Crippen LogP contribution in [0.3, 0.4) is 0 Å². The fraction of sp³-hybridized carbons (Fsp3) is 0.263. The number of nitrogens with one attached hydrogen (secondary N) is 1. The molecule has 1 aliphatic rings. The minimum Gasteiger partial charge on any atom is -0.497 e. The summed E-state index contributed by atoms with van der Waals surface area (Å²) >= 11 is 11.9. The summed E-state index contributed by atoms with van der Waals surface area (Å²) in [6.07, 6.45) is -1.01. The molecule has 1 heterocycles. The third kappa shape index (κ3) is 4.43. The number of anilines is 1. The van der Waals surface area contributed by atoms with Gasteiger partial charge in [-0.1, -0.05) is 23.2 Å². The van der Waals surface area contributed by atoms with Crippen molar-refractivity contribution in [1.82, 2.24) is 5.32 Å². The van der Waals surface area contributed by atoms with Gasteiger partial charge >= 0.3 is 6.09 Å². The van der Waals surface area contributed by atoms with Crippen molar-refractivity contribution in [3.63, 3.8) is 0 Å². The van der Waals surface area contributed by atoms with Crippen LogP contribution in [0, 0.1) is 0 Å². The van der Waals surface area contributed by atoms with Gasteiger partial charge < -0.3 is 19.5 Å². The fourth-order valence-corrected chi connectivity index (χ4v) is 3.03. The second kappa shape index (κ2) is 8.58. The number of ether oxygens (including phenoxy) is 3. The van der Waals surface area contributed by atoms with Crippen molar-refractivity contribution < 1.29 is 23.8 Å². The van der Waals surface area contributed by atoms with E-state index in [0.717, 1.165) is 0 Å². The Hall–Kier alpha value is -2.64. The third-order valence-electron chi connectivity index (χ3n) is 4.19. The molecular formula is C19H18Cl2N2O5. The van der Waals surface area contributed by atoms with Crippen LogP contribution < -0.4 is 19.7 Å². The van der Waals surface area contributed by atoms with E-state index in [2.05, 4.69) is 5.32 Å². The van der Waals surface area contributed by atoms with Crippen LogP contribution in [-0.2, 0) is 4.74 Å². The molecule has 7 nitrogen and oxygen atoms in total. The molecular weight excluding hydrogens is 407 g/mol. The number of hydrogen-bond donors (Lipinski definition) is 1. The van der Waals surface area contributed by atoms with E-state index < -0.39 is 12.2 Å². The fourth-order valence-electron chi connectivity index (χ4n) is 2.74. The summed E-state index contributed by atoms with van der Waals surface area (Å²) in [4.78, 5) is 26.0. The van der Waals surface area contributed by atoms with Crippen molar-refractivity contribution >= 4 is 40.9 Å². The molecule has 0 saturated carbocycles. The molecule has 1 N–H and O–H groups in total. The Kier molecular flexibility index (Phi) is 6.16. The quantitative estimate of drug-likeness (QED) is 0.763. The average molecular weight is 425 g/mol. The van der Waals surface area contributed by atoms with E-state index in [9.17, 15) is 9.59 Å². The highest BCUT2D eigenvalue weighted by molar-refractivity contribution is 6.42. The van der Waals surface area contributed by atoms with Gasteiger partial charge in [0.05, 0.1) is 37.4 Å². The maximum Gasteiger partial charge on any atom is 0.414 e. The van der Waals surface area contributed by atoms with Crippen LogP contribution in [0.15, 0.2) is 36.4 Å². The molecule has 1 aliphatic heterocycles. The molecule has 9 heteroatoms. The summed E-state index contributed by atoms with van der Waals surface area (Å²) < 4.78 is 15.7. The highest BCUT2D eigenvalue weighted by atomic mass is 35.5. The van der Waals surface area contributed by atoms with Crippen molar-refractivity contribution in [3.05, 3.63) is 52.0 Å². The summed E-state index contributed by atoms with van der Waals surface area (Å²) in [7, 11) is 3.01. The number of carbonyl (C=O) groups is 2. The van der Waals surface area contributed by atoms with Crippen LogP contribution in [0.25, 0.3) is 0 Å². The predicted octanol–water partition coefficient (Wildman–Crippen LogP) is 3.77. The van der Waals surface area contributed by atoms with E-state index in [4.69, 9.17) is 37.4 Å². The number of nitrogens with zero attached hydrogens (tertiary/aromatic N) is 1. The Bertz CT molecular complexity index is 884. The molecule has 2 amide bonds.